The van der Waals surface area contributed by atoms with E-state index in [1.165, 1.54) is 11.4 Å². The van der Waals surface area contributed by atoms with Crippen LogP contribution in [0.3, 0.4) is 0 Å². The Hall–Kier alpha value is -2.25. The molecule has 2 aromatic rings. The van der Waals surface area contributed by atoms with E-state index in [9.17, 15) is 13.2 Å². The molecule has 1 fully saturated rings. The van der Waals surface area contributed by atoms with Gasteiger partial charge in [0.1, 0.15) is 5.75 Å². The molecule has 1 aliphatic heterocycles. The van der Waals surface area contributed by atoms with Crippen LogP contribution >= 0.6 is 11.6 Å². The second-order valence-corrected chi connectivity index (χ2v) is 8.04. The van der Waals surface area contributed by atoms with E-state index in [1.54, 1.807) is 42.5 Å². The van der Waals surface area contributed by atoms with Gasteiger partial charge in [-0.1, -0.05) is 17.7 Å². The van der Waals surface area contributed by atoms with Gasteiger partial charge >= 0.3 is 0 Å². The molecule has 1 heterocycles. The Morgan fingerprint density at radius 3 is 2.68 bits per heavy atom. The molecule has 2 aromatic carbocycles. The molecule has 0 atom stereocenters. The summed E-state index contributed by atoms with van der Waals surface area (Å²) in [6.45, 7) is 0.427. The Morgan fingerprint density at radius 1 is 1.24 bits per heavy atom. The fourth-order valence-electron chi connectivity index (χ4n) is 2.70. The van der Waals surface area contributed by atoms with Crippen molar-refractivity contribution in [1.29, 1.82) is 0 Å². The summed E-state index contributed by atoms with van der Waals surface area (Å²) in [6, 6.07) is 11.5. The number of sulfonamides is 1. The van der Waals surface area contributed by atoms with Gasteiger partial charge < -0.3 is 10.1 Å². The van der Waals surface area contributed by atoms with Crippen LogP contribution in [-0.4, -0.2) is 33.7 Å². The molecule has 1 amide bonds. The average molecular weight is 381 g/mol. The molecule has 0 aromatic heterocycles. The number of carbonyl (C=O) groups excluding carboxylic acids is 1. The third-order valence-electron chi connectivity index (χ3n) is 3.91. The zero-order valence-corrected chi connectivity index (χ0v) is 15.1. The molecule has 3 rings (SSSR count). The summed E-state index contributed by atoms with van der Waals surface area (Å²) in [5, 5.41) is 3.21. The van der Waals surface area contributed by atoms with Crippen LogP contribution in [-0.2, 0) is 10.0 Å². The van der Waals surface area contributed by atoms with Crippen LogP contribution in [0.4, 0.5) is 11.4 Å². The number of halogens is 1. The third-order valence-corrected chi connectivity index (χ3v) is 6.01. The van der Waals surface area contributed by atoms with Gasteiger partial charge in [0.25, 0.3) is 5.91 Å². The highest BCUT2D eigenvalue weighted by atomic mass is 35.5. The Kier molecular flexibility index (Phi) is 4.87. The standard InChI is InChI=1S/C17H17ClN2O4S/c1-24-16-7-6-14(20-8-3-9-25(20,22)23)11-15(16)19-17(21)12-4-2-5-13(18)10-12/h2,4-7,10-11H,3,8-9H2,1H3,(H,19,21). The van der Waals surface area contributed by atoms with Gasteiger partial charge in [0.2, 0.25) is 10.0 Å². The lowest BCUT2D eigenvalue weighted by molar-refractivity contribution is 0.102. The number of hydrogen-bond donors (Lipinski definition) is 1. The highest BCUT2D eigenvalue weighted by Gasteiger charge is 2.29. The third kappa shape index (κ3) is 3.72. The molecule has 0 radical (unpaired) electrons. The molecule has 132 valence electrons. The van der Waals surface area contributed by atoms with Crippen molar-refractivity contribution in [2.45, 2.75) is 6.42 Å². The van der Waals surface area contributed by atoms with E-state index in [0.29, 0.717) is 40.7 Å². The van der Waals surface area contributed by atoms with E-state index in [4.69, 9.17) is 16.3 Å². The molecule has 6 nitrogen and oxygen atoms in total. The summed E-state index contributed by atoms with van der Waals surface area (Å²) in [7, 11) is -1.82. The molecule has 0 aliphatic carbocycles. The van der Waals surface area contributed by atoms with E-state index in [2.05, 4.69) is 5.32 Å². The van der Waals surface area contributed by atoms with Gasteiger partial charge in [-0.25, -0.2) is 8.42 Å². The number of methoxy groups -OCH3 is 1. The first-order valence-corrected chi connectivity index (χ1v) is 9.65. The lowest BCUT2D eigenvalue weighted by Crippen LogP contribution is -2.25. The van der Waals surface area contributed by atoms with Crippen molar-refractivity contribution in [1.82, 2.24) is 0 Å². The van der Waals surface area contributed by atoms with E-state index in [1.807, 2.05) is 0 Å². The summed E-state index contributed by atoms with van der Waals surface area (Å²) in [4.78, 5) is 12.4. The Labute approximate surface area is 151 Å². The van der Waals surface area contributed by atoms with E-state index >= 15 is 0 Å². The van der Waals surface area contributed by atoms with Gasteiger partial charge in [0.05, 0.1) is 24.2 Å². The van der Waals surface area contributed by atoms with Gasteiger partial charge in [-0.3, -0.25) is 9.10 Å². The number of hydrogen-bond acceptors (Lipinski definition) is 4. The van der Waals surface area contributed by atoms with Crippen molar-refractivity contribution in [3.8, 4) is 5.75 Å². The highest BCUT2D eigenvalue weighted by Crippen LogP contribution is 2.33. The van der Waals surface area contributed by atoms with Crippen LogP contribution in [0.15, 0.2) is 42.5 Å². The molecule has 0 unspecified atom stereocenters. The van der Waals surface area contributed by atoms with Gasteiger partial charge in [-0.05, 0) is 42.8 Å². The molecule has 1 N–H and O–H groups in total. The first-order chi connectivity index (χ1) is 11.9. The zero-order chi connectivity index (χ0) is 18.0. The maximum atomic E-state index is 12.4. The maximum absolute atomic E-state index is 12.4. The summed E-state index contributed by atoms with van der Waals surface area (Å²) in [5.74, 6) is 0.210. The fraction of sp³-hybridized carbons (Fsp3) is 0.235. The molecule has 1 saturated heterocycles. The molecule has 0 bridgehead atoms. The van der Waals surface area contributed by atoms with Crippen LogP contribution in [0.5, 0.6) is 5.75 Å². The summed E-state index contributed by atoms with van der Waals surface area (Å²) in [5.41, 5.74) is 1.29. The predicted molar refractivity (Wildman–Crippen MR) is 98.1 cm³/mol. The monoisotopic (exact) mass is 380 g/mol. The second kappa shape index (κ2) is 6.93. The van der Waals surface area contributed by atoms with Crippen molar-refractivity contribution in [3.63, 3.8) is 0 Å². The van der Waals surface area contributed by atoms with Gasteiger partial charge in [0.15, 0.2) is 0 Å². The van der Waals surface area contributed by atoms with E-state index < -0.39 is 10.0 Å². The normalized spacial score (nSPS) is 15.8. The molecular weight excluding hydrogens is 364 g/mol. The number of rotatable bonds is 4. The number of benzene rings is 2. The summed E-state index contributed by atoms with van der Waals surface area (Å²) < 4.78 is 30.8. The van der Waals surface area contributed by atoms with Crippen LogP contribution in [0.2, 0.25) is 5.02 Å². The molecule has 0 saturated carbocycles. The molecule has 8 heteroatoms. The smallest absolute Gasteiger partial charge is 0.255 e. The zero-order valence-electron chi connectivity index (χ0n) is 13.5. The lowest BCUT2D eigenvalue weighted by atomic mass is 10.2. The minimum Gasteiger partial charge on any atom is -0.495 e. The maximum Gasteiger partial charge on any atom is 0.255 e. The SMILES string of the molecule is COc1ccc(N2CCCS2(=O)=O)cc1NC(=O)c1cccc(Cl)c1. The van der Waals surface area contributed by atoms with Crippen LogP contribution < -0.4 is 14.4 Å². The lowest BCUT2D eigenvalue weighted by Gasteiger charge is -2.19. The summed E-state index contributed by atoms with van der Waals surface area (Å²) in [6.07, 6.45) is 0.582. The minimum absolute atomic E-state index is 0.128. The number of nitrogens with zero attached hydrogens (tertiary/aromatic N) is 1. The number of carbonyl (C=O) groups is 1. The van der Waals surface area contributed by atoms with Crippen molar-refractivity contribution in [3.05, 3.63) is 53.1 Å². The van der Waals surface area contributed by atoms with Crippen LogP contribution in [0, 0.1) is 0 Å². The predicted octanol–water partition coefficient (Wildman–Crippen LogP) is 3.14. The summed E-state index contributed by atoms with van der Waals surface area (Å²) >= 11 is 5.92. The molecule has 1 aliphatic rings. The van der Waals surface area contributed by atoms with Crippen LogP contribution in [0.25, 0.3) is 0 Å². The minimum atomic E-state index is -3.30. The highest BCUT2D eigenvalue weighted by molar-refractivity contribution is 7.93. The number of amides is 1. The van der Waals surface area contributed by atoms with Crippen LogP contribution in [0.1, 0.15) is 16.8 Å². The first-order valence-electron chi connectivity index (χ1n) is 7.66. The first kappa shape index (κ1) is 17.6. The van der Waals surface area contributed by atoms with Gasteiger partial charge in [0, 0.05) is 17.1 Å². The number of ether oxygens (including phenoxy) is 1. The molecule has 0 spiro atoms. The Bertz CT molecular complexity index is 915. The van der Waals surface area contributed by atoms with Crippen molar-refractivity contribution >= 4 is 38.9 Å². The average Bonchev–Trinajstić information content (AvgIpc) is 2.94. The Morgan fingerprint density at radius 2 is 2.04 bits per heavy atom. The topological polar surface area (TPSA) is 75.7 Å². The van der Waals surface area contributed by atoms with Crippen molar-refractivity contribution in [2.24, 2.45) is 0 Å². The Balaban J connectivity index is 1.92. The number of nitrogens with one attached hydrogen (secondary N) is 1. The second-order valence-electron chi connectivity index (χ2n) is 5.59. The fourth-order valence-corrected chi connectivity index (χ4v) is 4.45. The molecular formula is C17H17ClN2O4S. The number of anilines is 2. The van der Waals surface area contributed by atoms with Gasteiger partial charge in [-0.15, -0.1) is 0 Å². The van der Waals surface area contributed by atoms with Gasteiger partial charge in [-0.2, -0.15) is 0 Å². The van der Waals surface area contributed by atoms with E-state index in [0.717, 1.165) is 0 Å². The largest absolute Gasteiger partial charge is 0.495 e. The van der Waals surface area contributed by atoms with Crippen molar-refractivity contribution < 1.29 is 17.9 Å². The van der Waals surface area contributed by atoms with Crippen molar-refractivity contribution in [2.75, 3.05) is 29.0 Å². The molecule has 25 heavy (non-hydrogen) atoms. The van der Waals surface area contributed by atoms with E-state index in [-0.39, 0.29) is 11.7 Å². The quantitative estimate of drug-likeness (QED) is 0.884.